The van der Waals surface area contributed by atoms with Crippen LogP contribution in [0.1, 0.15) is 30.2 Å². The van der Waals surface area contributed by atoms with Gasteiger partial charge in [0.25, 0.3) is 0 Å². The number of rotatable bonds is 4. The molecule has 6 nitrogen and oxygen atoms in total. The Kier molecular flexibility index (Phi) is 5.23. The second-order valence-electron chi connectivity index (χ2n) is 6.95. The number of aromatic nitrogens is 2. The van der Waals surface area contributed by atoms with Crippen LogP contribution in [0, 0.1) is 6.92 Å². The summed E-state index contributed by atoms with van der Waals surface area (Å²) in [5.74, 6) is 0.718. The molecule has 4 rings (SSSR count). The average molecular weight is 418 g/mol. The van der Waals surface area contributed by atoms with Gasteiger partial charge in [0.2, 0.25) is 21.7 Å². The summed E-state index contributed by atoms with van der Waals surface area (Å²) >= 11 is 6.21. The van der Waals surface area contributed by atoms with E-state index in [1.54, 1.807) is 18.2 Å². The molecule has 2 heterocycles. The predicted octanol–water partition coefficient (Wildman–Crippen LogP) is 4.27. The maximum atomic E-state index is 13.0. The Hall–Kier alpha value is -2.22. The van der Waals surface area contributed by atoms with E-state index in [1.165, 1.54) is 4.31 Å². The average Bonchev–Trinajstić information content (AvgIpc) is 3.19. The molecule has 0 aliphatic carbocycles. The number of nitrogens with zero attached hydrogens (tertiary/aromatic N) is 3. The fraction of sp³-hybridized carbons (Fsp3) is 0.300. The number of benzene rings is 2. The second-order valence-corrected chi connectivity index (χ2v) is 9.30. The van der Waals surface area contributed by atoms with Gasteiger partial charge in [-0.3, -0.25) is 0 Å². The zero-order chi connectivity index (χ0) is 19.7. The van der Waals surface area contributed by atoms with Crippen molar-refractivity contribution in [1.29, 1.82) is 0 Å². The molecule has 0 spiro atoms. The minimum Gasteiger partial charge on any atom is -0.339 e. The number of piperidine rings is 1. The molecule has 0 N–H and O–H groups in total. The smallest absolute Gasteiger partial charge is 0.243 e. The summed E-state index contributed by atoms with van der Waals surface area (Å²) in [5.41, 5.74) is 1.72. The summed E-state index contributed by atoms with van der Waals surface area (Å²) < 4.78 is 32.9. The third-order valence-electron chi connectivity index (χ3n) is 4.95. The highest BCUT2D eigenvalue weighted by Crippen LogP contribution is 2.32. The van der Waals surface area contributed by atoms with Crippen molar-refractivity contribution in [3.8, 4) is 11.4 Å². The summed E-state index contributed by atoms with van der Waals surface area (Å²) in [7, 11) is -3.55. The first kappa shape index (κ1) is 19.1. The highest BCUT2D eigenvalue weighted by atomic mass is 35.5. The maximum absolute atomic E-state index is 13.0. The van der Waals surface area contributed by atoms with Crippen LogP contribution in [0.2, 0.25) is 5.02 Å². The Morgan fingerprint density at radius 2 is 1.89 bits per heavy atom. The highest BCUT2D eigenvalue weighted by Gasteiger charge is 2.33. The topological polar surface area (TPSA) is 76.3 Å². The fourth-order valence-electron chi connectivity index (χ4n) is 3.37. The Bertz CT molecular complexity index is 1080. The molecule has 0 bridgehead atoms. The van der Waals surface area contributed by atoms with Crippen LogP contribution in [-0.4, -0.2) is 36.0 Å². The van der Waals surface area contributed by atoms with Crippen molar-refractivity contribution in [2.24, 2.45) is 0 Å². The lowest BCUT2D eigenvalue weighted by Crippen LogP contribution is -2.39. The summed E-state index contributed by atoms with van der Waals surface area (Å²) in [5, 5.41) is 4.58. The van der Waals surface area contributed by atoms with Gasteiger partial charge in [0.15, 0.2) is 0 Å². The third-order valence-corrected chi connectivity index (χ3v) is 7.16. The molecule has 146 valence electrons. The Labute approximate surface area is 169 Å². The van der Waals surface area contributed by atoms with E-state index < -0.39 is 10.0 Å². The lowest BCUT2D eigenvalue weighted by molar-refractivity contribution is 0.265. The molecule has 1 saturated heterocycles. The molecule has 1 aliphatic rings. The molecular weight excluding hydrogens is 398 g/mol. The normalized spacial score (nSPS) is 18.3. The lowest BCUT2D eigenvalue weighted by atomic mass is 10.00. The van der Waals surface area contributed by atoms with Crippen molar-refractivity contribution < 1.29 is 12.9 Å². The van der Waals surface area contributed by atoms with Crippen molar-refractivity contribution in [2.75, 3.05) is 13.1 Å². The highest BCUT2D eigenvalue weighted by molar-refractivity contribution is 7.89. The van der Waals surface area contributed by atoms with Crippen molar-refractivity contribution in [3.05, 3.63) is 65.0 Å². The molecular formula is C20H20ClN3O3S. The number of hydrogen-bond acceptors (Lipinski definition) is 5. The molecule has 1 atom stereocenters. The molecule has 3 aromatic rings. The molecule has 0 unspecified atom stereocenters. The number of hydrogen-bond donors (Lipinski definition) is 0. The lowest BCUT2D eigenvalue weighted by Gasteiger charge is -2.30. The van der Waals surface area contributed by atoms with Crippen LogP contribution in [0.5, 0.6) is 0 Å². The van der Waals surface area contributed by atoms with Crippen molar-refractivity contribution in [2.45, 2.75) is 30.6 Å². The van der Waals surface area contributed by atoms with Gasteiger partial charge in [0.1, 0.15) is 0 Å². The van der Waals surface area contributed by atoms with Gasteiger partial charge < -0.3 is 4.52 Å². The van der Waals surface area contributed by atoms with Crippen LogP contribution in [0.3, 0.4) is 0 Å². The molecule has 28 heavy (non-hydrogen) atoms. The van der Waals surface area contributed by atoms with Crippen LogP contribution in [-0.2, 0) is 10.0 Å². The molecule has 8 heteroatoms. The molecule has 1 aliphatic heterocycles. The standard InChI is InChI=1S/C20H20ClN3O3S/c1-14-8-10-16(11-9-14)28(25,26)24-12-4-5-15(13-24)20-22-19(23-27-20)17-6-2-3-7-18(17)21/h2-3,6-11,15H,4-5,12-13H2,1H3/t15-/m1/s1. The number of halogens is 1. The van der Waals surface area contributed by atoms with Gasteiger partial charge >= 0.3 is 0 Å². The summed E-state index contributed by atoms with van der Waals surface area (Å²) in [6.07, 6.45) is 1.53. The van der Waals surface area contributed by atoms with Gasteiger partial charge in [-0.1, -0.05) is 46.6 Å². The first-order chi connectivity index (χ1) is 13.4. The summed E-state index contributed by atoms with van der Waals surface area (Å²) in [6, 6.07) is 14.2. The third kappa shape index (κ3) is 3.70. The summed E-state index contributed by atoms with van der Waals surface area (Å²) in [4.78, 5) is 4.79. The largest absolute Gasteiger partial charge is 0.339 e. The van der Waals surface area contributed by atoms with E-state index >= 15 is 0 Å². The zero-order valence-electron chi connectivity index (χ0n) is 15.4. The van der Waals surface area contributed by atoms with Crippen LogP contribution >= 0.6 is 11.6 Å². The van der Waals surface area contributed by atoms with Crippen LogP contribution in [0.4, 0.5) is 0 Å². The molecule has 0 radical (unpaired) electrons. The number of sulfonamides is 1. The second kappa shape index (κ2) is 7.66. The Morgan fingerprint density at radius 3 is 2.64 bits per heavy atom. The SMILES string of the molecule is Cc1ccc(S(=O)(=O)N2CCC[C@@H](c3nc(-c4ccccc4Cl)no3)C2)cc1. The fourth-order valence-corrected chi connectivity index (χ4v) is 5.12. The van der Waals surface area contributed by atoms with Gasteiger partial charge in [-0.25, -0.2) is 8.42 Å². The molecule has 0 amide bonds. The molecule has 1 fully saturated rings. The van der Waals surface area contributed by atoms with Crippen LogP contribution in [0.15, 0.2) is 57.9 Å². The van der Waals surface area contributed by atoms with Crippen LogP contribution < -0.4 is 0 Å². The maximum Gasteiger partial charge on any atom is 0.243 e. The zero-order valence-corrected chi connectivity index (χ0v) is 16.9. The van der Waals surface area contributed by atoms with E-state index in [9.17, 15) is 8.42 Å². The van der Waals surface area contributed by atoms with Crippen molar-refractivity contribution >= 4 is 21.6 Å². The monoisotopic (exact) mass is 417 g/mol. The van der Waals surface area contributed by atoms with E-state index in [0.29, 0.717) is 40.3 Å². The van der Waals surface area contributed by atoms with Gasteiger partial charge in [-0.2, -0.15) is 9.29 Å². The summed E-state index contributed by atoms with van der Waals surface area (Å²) in [6.45, 7) is 2.73. The Morgan fingerprint density at radius 1 is 1.14 bits per heavy atom. The van der Waals surface area contributed by atoms with E-state index in [-0.39, 0.29) is 5.92 Å². The van der Waals surface area contributed by atoms with Gasteiger partial charge in [-0.05, 0) is 44.0 Å². The van der Waals surface area contributed by atoms with Crippen LogP contribution in [0.25, 0.3) is 11.4 Å². The van der Waals surface area contributed by atoms with E-state index in [4.69, 9.17) is 16.1 Å². The van der Waals surface area contributed by atoms with E-state index in [2.05, 4.69) is 10.1 Å². The van der Waals surface area contributed by atoms with Gasteiger partial charge in [0, 0.05) is 18.7 Å². The quantitative estimate of drug-likeness (QED) is 0.633. The van der Waals surface area contributed by atoms with E-state index in [0.717, 1.165) is 18.4 Å². The Balaban J connectivity index is 1.56. The minimum absolute atomic E-state index is 0.141. The van der Waals surface area contributed by atoms with Crippen molar-refractivity contribution in [1.82, 2.24) is 14.4 Å². The van der Waals surface area contributed by atoms with Crippen molar-refractivity contribution in [3.63, 3.8) is 0 Å². The van der Waals surface area contributed by atoms with Gasteiger partial charge in [0.05, 0.1) is 15.8 Å². The first-order valence-electron chi connectivity index (χ1n) is 9.10. The molecule has 0 saturated carbocycles. The minimum atomic E-state index is -3.55. The number of aryl methyl sites for hydroxylation is 1. The first-order valence-corrected chi connectivity index (χ1v) is 10.9. The molecule has 2 aromatic carbocycles. The van der Waals surface area contributed by atoms with Gasteiger partial charge in [-0.15, -0.1) is 0 Å². The van der Waals surface area contributed by atoms with E-state index in [1.807, 2.05) is 37.3 Å². The predicted molar refractivity (Wildman–Crippen MR) is 107 cm³/mol. The molecule has 1 aromatic heterocycles.